The third-order valence-corrected chi connectivity index (χ3v) is 1.48. The number of hydrogen-bond donors (Lipinski definition) is 1. The van der Waals surface area contributed by atoms with E-state index in [1.807, 2.05) is 6.08 Å². The Morgan fingerprint density at radius 2 is 2.67 bits per heavy atom. The predicted molar refractivity (Wildman–Crippen MR) is 37.4 cm³/mol. The molecule has 1 rings (SSSR count). The summed E-state index contributed by atoms with van der Waals surface area (Å²) < 4.78 is 5.16. The lowest BCUT2D eigenvalue weighted by molar-refractivity contribution is 0.190. The zero-order chi connectivity index (χ0) is 6.53. The van der Waals surface area contributed by atoms with Gasteiger partial charge in [-0.15, -0.1) is 6.58 Å². The van der Waals surface area contributed by atoms with Crippen LogP contribution in [0.1, 0.15) is 6.42 Å². The zero-order valence-electron chi connectivity index (χ0n) is 5.60. The first kappa shape index (κ1) is 6.78. The van der Waals surface area contributed by atoms with E-state index in [0.29, 0.717) is 6.04 Å². The van der Waals surface area contributed by atoms with E-state index in [9.17, 15) is 0 Å². The molecule has 2 heteroatoms. The molecule has 1 aliphatic heterocycles. The average molecular weight is 127 g/mol. The molecule has 0 aromatic rings. The van der Waals surface area contributed by atoms with E-state index in [-0.39, 0.29) is 0 Å². The van der Waals surface area contributed by atoms with Gasteiger partial charge in [0.1, 0.15) is 0 Å². The minimum absolute atomic E-state index is 0.572. The number of rotatable bonds is 3. The summed E-state index contributed by atoms with van der Waals surface area (Å²) in [4.78, 5) is 0. The van der Waals surface area contributed by atoms with Crippen molar-refractivity contribution in [1.82, 2.24) is 5.32 Å². The van der Waals surface area contributed by atoms with Crippen molar-refractivity contribution in [1.29, 1.82) is 0 Å². The third kappa shape index (κ3) is 2.16. The standard InChI is InChI=1S/C7H13NO/c1-2-4-8-7-3-5-9-6-7/h2,7-8H,1,3-6H2. The Balaban J connectivity index is 2.04. The normalized spacial score (nSPS) is 26.4. The Labute approximate surface area is 55.9 Å². The number of hydrogen-bond acceptors (Lipinski definition) is 2. The van der Waals surface area contributed by atoms with Gasteiger partial charge in [0, 0.05) is 19.2 Å². The fraction of sp³-hybridized carbons (Fsp3) is 0.714. The van der Waals surface area contributed by atoms with Crippen LogP contribution in [0.2, 0.25) is 0 Å². The molecular weight excluding hydrogens is 114 g/mol. The van der Waals surface area contributed by atoms with E-state index >= 15 is 0 Å². The van der Waals surface area contributed by atoms with Crippen LogP contribution in [0.15, 0.2) is 12.7 Å². The summed E-state index contributed by atoms with van der Waals surface area (Å²) in [6.07, 6.45) is 3.02. The average Bonchev–Trinajstić information content (AvgIpc) is 2.34. The molecule has 0 aromatic heterocycles. The fourth-order valence-corrected chi connectivity index (χ4v) is 0.946. The molecule has 1 fully saturated rings. The lowest BCUT2D eigenvalue weighted by atomic mass is 10.3. The van der Waals surface area contributed by atoms with Crippen molar-refractivity contribution in [3.05, 3.63) is 12.7 Å². The summed E-state index contributed by atoms with van der Waals surface area (Å²) in [5, 5.41) is 3.29. The summed E-state index contributed by atoms with van der Waals surface area (Å²) in [5.74, 6) is 0. The van der Waals surface area contributed by atoms with E-state index in [4.69, 9.17) is 4.74 Å². The van der Waals surface area contributed by atoms with Gasteiger partial charge < -0.3 is 10.1 Å². The molecule has 0 bridgehead atoms. The first-order valence-corrected chi connectivity index (χ1v) is 3.35. The topological polar surface area (TPSA) is 21.3 Å². The van der Waals surface area contributed by atoms with Crippen molar-refractivity contribution in [3.63, 3.8) is 0 Å². The molecule has 1 saturated heterocycles. The quantitative estimate of drug-likeness (QED) is 0.559. The lowest BCUT2D eigenvalue weighted by Crippen LogP contribution is -2.28. The van der Waals surface area contributed by atoms with Crippen molar-refractivity contribution >= 4 is 0 Å². The highest BCUT2D eigenvalue weighted by Crippen LogP contribution is 2.01. The fourth-order valence-electron chi connectivity index (χ4n) is 0.946. The van der Waals surface area contributed by atoms with E-state index in [0.717, 1.165) is 26.2 Å². The molecule has 1 atom stereocenters. The number of nitrogens with one attached hydrogen (secondary N) is 1. The van der Waals surface area contributed by atoms with Crippen LogP contribution in [0, 0.1) is 0 Å². The van der Waals surface area contributed by atoms with Gasteiger partial charge in [-0.1, -0.05) is 6.08 Å². The second-order valence-electron chi connectivity index (χ2n) is 2.26. The molecule has 0 aromatic carbocycles. The van der Waals surface area contributed by atoms with Crippen molar-refractivity contribution in [2.45, 2.75) is 12.5 Å². The van der Waals surface area contributed by atoms with Crippen molar-refractivity contribution in [2.24, 2.45) is 0 Å². The first-order valence-electron chi connectivity index (χ1n) is 3.35. The first-order chi connectivity index (χ1) is 4.43. The van der Waals surface area contributed by atoms with E-state index < -0.39 is 0 Å². The summed E-state index contributed by atoms with van der Waals surface area (Å²) in [6.45, 7) is 6.30. The van der Waals surface area contributed by atoms with Crippen molar-refractivity contribution < 1.29 is 4.74 Å². The van der Waals surface area contributed by atoms with Crippen LogP contribution < -0.4 is 5.32 Å². The molecule has 9 heavy (non-hydrogen) atoms. The van der Waals surface area contributed by atoms with Crippen LogP contribution >= 0.6 is 0 Å². The molecular formula is C7H13NO. The zero-order valence-corrected chi connectivity index (χ0v) is 5.60. The van der Waals surface area contributed by atoms with Crippen molar-refractivity contribution in [2.75, 3.05) is 19.8 Å². The van der Waals surface area contributed by atoms with Gasteiger partial charge in [0.15, 0.2) is 0 Å². The van der Waals surface area contributed by atoms with Crippen LogP contribution in [-0.2, 0) is 4.74 Å². The van der Waals surface area contributed by atoms with Crippen LogP contribution in [0.4, 0.5) is 0 Å². The second-order valence-corrected chi connectivity index (χ2v) is 2.26. The Morgan fingerprint density at radius 3 is 3.22 bits per heavy atom. The SMILES string of the molecule is C=CCNC1CCOC1. The maximum Gasteiger partial charge on any atom is 0.0620 e. The molecule has 0 aliphatic carbocycles. The molecule has 1 N–H and O–H groups in total. The Hall–Kier alpha value is -0.340. The predicted octanol–water partition coefficient (Wildman–Crippen LogP) is 0.551. The van der Waals surface area contributed by atoms with Gasteiger partial charge in [-0.3, -0.25) is 0 Å². The molecule has 1 aliphatic rings. The van der Waals surface area contributed by atoms with Crippen LogP contribution in [0.25, 0.3) is 0 Å². The highest BCUT2D eigenvalue weighted by molar-refractivity contribution is 4.77. The molecule has 0 saturated carbocycles. The van der Waals surface area contributed by atoms with E-state index in [1.54, 1.807) is 0 Å². The van der Waals surface area contributed by atoms with Gasteiger partial charge >= 0.3 is 0 Å². The monoisotopic (exact) mass is 127 g/mol. The minimum Gasteiger partial charge on any atom is -0.380 e. The summed E-state index contributed by atoms with van der Waals surface area (Å²) in [7, 11) is 0. The van der Waals surface area contributed by atoms with Gasteiger partial charge in [0.2, 0.25) is 0 Å². The smallest absolute Gasteiger partial charge is 0.0620 e. The Kier molecular flexibility index (Phi) is 2.74. The van der Waals surface area contributed by atoms with Gasteiger partial charge in [-0.25, -0.2) is 0 Å². The van der Waals surface area contributed by atoms with Crippen LogP contribution in [-0.4, -0.2) is 25.8 Å². The van der Waals surface area contributed by atoms with Crippen LogP contribution in [0.3, 0.4) is 0 Å². The third-order valence-electron chi connectivity index (χ3n) is 1.48. The summed E-state index contributed by atoms with van der Waals surface area (Å²) in [5.41, 5.74) is 0. The molecule has 52 valence electrons. The van der Waals surface area contributed by atoms with E-state index in [1.165, 1.54) is 0 Å². The second kappa shape index (κ2) is 3.64. The molecule has 0 amide bonds. The van der Waals surface area contributed by atoms with E-state index in [2.05, 4.69) is 11.9 Å². The lowest BCUT2D eigenvalue weighted by Gasteiger charge is -2.05. The maximum absolute atomic E-state index is 5.16. The molecule has 2 nitrogen and oxygen atoms in total. The van der Waals surface area contributed by atoms with Gasteiger partial charge in [-0.05, 0) is 6.42 Å². The highest BCUT2D eigenvalue weighted by atomic mass is 16.5. The Morgan fingerprint density at radius 1 is 1.78 bits per heavy atom. The largest absolute Gasteiger partial charge is 0.380 e. The van der Waals surface area contributed by atoms with Gasteiger partial charge in [0.25, 0.3) is 0 Å². The molecule has 0 radical (unpaired) electrons. The van der Waals surface area contributed by atoms with Gasteiger partial charge in [0.05, 0.1) is 6.61 Å². The summed E-state index contributed by atoms with van der Waals surface area (Å²) in [6, 6.07) is 0.572. The Bertz CT molecular complexity index is 86.9. The summed E-state index contributed by atoms with van der Waals surface area (Å²) >= 11 is 0. The van der Waals surface area contributed by atoms with Crippen molar-refractivity contribution in [3.8, 4) is 0 Å². The molecule has 1 unspecified atom stereocenters. The van der Waals surface area contributed by atoms with Gasteiger partial charge in [-0.2, -0.15) is 0 Å². The van der Waals surface area contributed by atoms with Crippen LogP contribution in [0.5, 0.6) is 0 Å². The molecule has 1 heterocycles. The molecule has 0 spiro atoms. The minimum atomic E-state index is 0.572. The highest BCUT2D eigenvalue weighted by Gasteiger charge is 2.12. The number of ether oxygens (including phenoxy) is 1. The maximum atomic E-state index is 5.16.